The number of allylic oxidation sites excluding steroid dienone is 1. The molecular formula is C15H19NO7S. The highest BCUT2D eigenvalue weighted by Crippen LogP contribution is 2.30. The third-order valence-corrected chi connectivity index (χ3v) is 5.05. The van der Waals surface area contributed by atoms with Gasteiger partial charge in [0.25, 0.3) is 0 Å². The zero-order valence-electron chi connectivity index (χ0n) is 13.1. The first-order chi connectivity index (χ1) is 11.4. The number of ketones is 1. The molecule has 0 aromatic heterocycles. The fourth-order valence-corrected chi connectivity index (χ4v) is 3.79. The number of esters is 1. The van der Waals surface area contributed by atoms with Gasteiger partial charge in [0.2, 0.25) is 5.91 Å². The number of nitrogens with one attached hydrogen (secondary N) is 1. The molecule has 8 nitrogen and oxygen atoms in total. The number of cyclic esters (lactones) is 1. The van der Waals surface area contributed by atoms with E-state index in [0.717, 1.165) is 0 Å². The average molecular weight is 357 g/mol. The third kappa shape index (κ3) is 4.50. The summed E-state index contributed by atoms with van der Waals surface area (Å²) < 4.78 is 10.2. The van der Waals surface area contributed by atoms with E-state index in [2.05, 4.69) is 5.32 Å². The van der Waals surface area contributed by atoms with Crippen molar-refractivity contribution in [1.82, 2.24) is 5.32 Å². The molecule has 0 bridgehead atoms. The molecule has 1 aliphatic carbocycles. The number of carboxylic acids is 1. The van der Waals surface area contributed by atoms with E-state index in [1.807, 2.05) is 0 Å². The van der Waals surface area contributed by atoms with Crippen molar-refractivity contribution >= 4 is 35.4 Å². The Balaban J connectivity index is 2.19. The fraction of sp³-hybridized carbons (Fsp3) is 0.600. The van der Waals surface area contributed by atoms with Crippen molar-refractivity contribution in [3.63, 3.8) is 0 Å². The number of methoxy groups -OCH3 is 1. The zero-order valence-corrected chi connectivity index (χ0v) is 14.0. The van der Waals surface area contributed by atoms with E-state index in [4.69, 9.17) is 14.6 Å². The van der Waals surface area contributed by atoms with E-state index < -0.39 is 35.7 Å². The maximum absolute atomic E-state index is 12.3. The monoisotopic (exact) mass is 357 g/mol. The minimum absolute atomic E-state index is 0.102. The largest absolute Gasteiger partial charge is 0.501 e. The highest BCUT2D eigenvalue weighted by Gasteiger charge is 2.38. The predicted molar refractivity (Wildman–Crippen MR) is 84.2 cm³/mol. The topological polar surface area (TPSA) is 119 Å². The first-order valence-electron chi connectivity index (χ1n) is 7.46. The normalized spacial score (nSPS) is 29.1. The summed E-state index contributed by atoms with van der Waals surface area (Å²) >= 11 is 1.21. The molecule has 0 spiro atoms. The van der Waals surface area contributed by atoms with Gasteiger partial charge in [-0.05, 0) is 6.08 Å². The molecule has 2 N–H and O–H groups in total. The summed E-state index contributed by atoms with van der Waals surface area (Å²) in [6.45, 7) is -0.169. The number of amides is 1. The summed E-state index contributed by atoms with van der Waals surface area (Å²) in [7, 11) is 1.43. The Hall–Kier alpha value is -2.03. The Morgan fingerprint density at radius 3 is 2.79 bits per heavy atom. The van der Waals surface area contributed by atoms with Crippen LogP contribution in [0.2, 0.25) is 0 Å². The molecule has 3 atom stereocenters. The molecule has 1 aliphatic heterocycles. The van der Waals surface area contributed by atoms with Crippen LogP contribution in [0.3, 0.4) is 0 Å². The van der Waals surface area contributed by atoms with E-state index in [-0.39, 0.29) is 36.7 Å². The molecule has 1 saturated heterocycles. The van der Waals surface area contributed by atoms with E-state index in [1.54, 1.807) is 6.08 Å². The number of ether oxygens (including phenoxy) is 2. The van der Waals surface area contributed by atoms with Crippen LogP contribution in [0.15, 0.2) is 11.8 Å². The first kappa shape index (κ1) is 18.3. The van der Waals surface area contributed by atoms with Gasteiger partial charge in [0.15, 0.2) is 0 Å². The van der Waals surface area contributed by atoms with Crippen molar-refractivity contribution < 1.29 is 33.8 Å². The van der Waals surface area contributed by atoms with Crippen molar-refractivity contribution in [2.45, 2.75) is 18.9 Å². The van der Waals surface area contributed by atoms with Gasteiger partial charge >= 0.3 is 11.9 Å². The molecule has 0 aromatic rings. The Bertz CT molecular complexity index is 574. The van der Waals surface area contributed by atoms with Gasteiger partial charge in [-0.25, -0.2) is 4.79 Å². The second-order valence-corrected chi connectivity index (χ2v) is 6.60. The molecule has 0 radical (unpaired) electrons. The van der Waals surface area contributed by atoms with Crippen molar-refractivity contribution in [3.8, 4) is 0 Å². The second-order valence-electron chi connectivity index (χ2n) is 5.53. The number of thioether (sulfide) groups is 1. The van der Waals surface area contributed by atoms with Crippen LogP contribution in [0.25, 0.3) is 0 Å². The van der Waals surface area contributed by atoms with Crippen LogP contribution < -0.4 is 5.32 Å². The smallest absolute Gasteiger partial charge is 0.327 e. The van der Waals surface area contributed by atoms with Gasteiger partial charge in [-0.3, -0.25) is 14.4 Å². The maximum atomic E-state index is 12.3. The quantitative estimate of drug-likeness (QED) is 0.662. The lowest BCUT2D eigenvalue weighted by atomic mass is 9.83. The van der Waals surface area contributed by atoms with Crippen LogP contribution >= 0.6 is 11.8 Å². The minimum Gasteiger partial charge on any atom is -0.501 e. The molecule has 1 amide bonds. The molecule has 9 heteroatoms. The van der Waals surface area contributed by atoms with Gasteiger partial charge < -0.3 is 19.9 Å². The Morgan fingerprint density at radius 1 is 1.38 bits per heavy atom. The van der Waals surface area contributed by atoms with Gasteiger partial charge in [0.1, 0.15) is 18.4 Å². The Kier molecular flexibility index (Phi) is 6.24. The summed E-state index contributed by atoms with van der Waals surface area (Å²) in [5.41, 5.74) is 0. The molecular weight excluding hydrogens is 338 g/mol. The van der Waals surface area contributed by atoms with Crippen molar-refractivity contribution in [1.29, 1.82) is 0 Å². The molecule has 2 aliphatic rings. The van der Waals surface area contributed by atoms with Crippen LogP contribution in [-0.2, 0) is 28.7 Å². The number of aliphatic carboxylic acids is 1. The number of carboxylic acid groups (broad SMARTS) is 1. The lowest BCUT2D eigenvalue weighted by Gasteiger charge is -2.28. The number of carbonyl (C=O) groups excluding carboxylic acids is 3. The van der Waals surface area contributed by atoms with Gasteiger partial charge in [0.05, 0.1) is 31.6 Å². The molecule has 3 unspecified atom stereocenters. The third-order valence-electron chi connectivity index (χ3n) is 3.88. The van der Waals surface area contributed by atoms with Gasteiger partial charge in [-0.15, -0.1) is 0 Å². The highest BCUT2D eigenvalue weighted by molar-refractivity contribution is 7.99. The van der Waals surface area contributed by atoms with Crippen LogP contribution in [0.5, 0.6) is 0 Å². The van der Waals surface area contributed by atoms with E-state index in [1.165, 1.54) is 18.9 Å². The highest BCUT2D eigenvalue weighted by atomic mass is 32.2. The SMILES string of the molecule is COC1=CC2C(=O)OCCC(=O)NC(C(=O)O)CSCC2C(=O)C1. The molecule has 2 rings (SSSR count). The molecule has 132 valence electrons. The van der Waals surface area contributed by atoms with E-state index in [0.29, 0.717) is 5.76 Å². The summed E-state index contributed by atoms with van der Waals surface area (Å²) in [6, 6.07) is -1.04. The summed E-state index contributed by atoms with van der Waals surface area (Å²) in [4.78, 5) is 47.4. The molecule has 1 fully saturated rings. The lowest BCUT2D eigenvalue weighted by Crippen LogP contribution is -2.44. The number of carbonyl (C=O) groups is 4. The number of fused-ring (bicyclic) bond motifs is 1. The van der Waals surface area contributed by atoms with Crippen molar-refractivity contribution in [3.05, 3.63) is 11.8 Å². The number of rotatable bonds is 2. The number of hydrogen-bond donors (Lipinski definition) is 2. The van der Waals surface area contributed by atoms with Gasteiger partial charge in [-0.1, -0.05) is 0 Å². The minimum atomic E-state index is -1.14. The van der Waals surface area contributed by atoms with Gasteiger partial charge in [0, 0.05) is 17.4 Å². The standard InChI is InChI=1S/C15H19NO7S/c1-22-8-4-9-10(12(17)5-8)6-24-7-11(14(19)20)16-13(18)2-3-23-15(9)21/h4,9-11H,2-3,5-7H2,1H3,(H,16,18)(H,19,20). The summed E-state index contributed by atoms with van der Waals surface area (Å²) in [5.74, 6) is -2.93. The second kappa shape index (κ2) is 8.18. The number of Topliss-reactive ketones (excluding diaryl/α,β-unsaturated/α-hetero) is 1. The Morgan fingerprint density at radius 2 is 2.12 bits per heavy atom. The molecule has 24 heavy (non-hydrogen) atoms. The van der Waals surface area contributed by atoms with Crippen molar-refractivity contribution in [2.24, 2.45) is 11.8 Å². The van der Waals surface area contributed by atoms with E-state index >= 15 is 0 Å². The van der Waals surface area contributed by atoms with Crippen LogP contribution in [0.4, 0.5) is 0 Å². The summed E-state index contributed by atoms with van der Waals surface area (Å²) in [6.07, 6.45) is 1.55. The van der Waals surface area contributed by atoms with E-state index in [9.17, 15) is 19.2 Å². The Labute approximate surface area is 142 Å². The van der Waals surface area contributed by atoms with Crippen LogP contribution in [0, 0.1) is 11.8 Å². The molecule has 0 aromatic carbocycles. The first-order valence-corrected chi connectivity index (χ1v) is 8.61. The lowest BCUT2D eigenvalue weighted by molar-refractivity contribution is -0.151. The maximum Gasteiger partial charge on any atom is 0.327 e. The van der Waals surface area contributed by atoms with Gasteiger partial charge in [-0.2, -0.15) is 11.8 Å². The van der Waals surface area contributed by atoms with Crippen LogP contribution in [-0.4, -0.2) is 60.0 Å². The zero-order chi connectivity index (χ0) is 17.7. The number of hydrogen-bond acceptors (Lipinski definition) is 7. The average Bonchev–Trinajstić information content (AvgIpc) is 2.53. The van der Waals surface area contributed by atoms with Crippen molar-refractivity contribution in [2.75, 3.05) is 25.2 Å². The summed E-state index contributed by atoms with van der Waals surface area (Å²) in [5, 5.41) is 11.5. The molecule has 1 heterocycles. The molecule has 0 saturated carbocycles. The predicted octanol–water partition coefficient (Wildman–Crippen LogP) is -0.0286. The fourth-order valence-electron chi connectivity index (χ4n) is 2.54. The van der Waals surface area contributed by atoms with Crippen LogP contribution in [0.1, 0.15) is 12.8 Å².